The molecule has 9 nitrogen and oxygen atoms in total. The van der Waals surface area contributed by atoms with E-state index in [1.165, 1.54) is 11.0 Å². The lowest BCUT2D eigenvalue weighted by Gasteiger charge is -2.50. The number of para-hydroxylation sites is 1. The molecular formula is C30H31NO8. The third-order valence-electron chi connectivity index (χ3n) is 8.19. The Labute approximate surface area is 225 Å². The number of ketones is 3. The summed E-state index contributed by atoms with van der Waals surface area (Å²) in [6.45, 7) is 3.39. The molecule has 0 amide bonds. The minimum Gasteiger partial charge on any atom is -0.508 e. The molecule has 0 radical (unpaired) electrons. The summed E-state index contributed by atoms with van der Waals surface area (Å²) in [7, 11) is 3.21. The van der Waals surface area contributed by atoms with Crippen LogP contribution in [0, 0.1) is 11.8 Å². The highest BCUT2D eigenvalue weighted by Crippen LogP contribution is 2.54. The first-order valence-corrected chi connectivity index (χ1v) is 12.9. The van der Waals surface area contributed by atoms with Gasteiger partial charge in [-0.1, -0.05) is 24.3 Å². The number of rotatable bonds is 5. The van der Waals surface area contributed by atoms with Gasteiger partial charge in [0.05, 0.1) is 18.2 Å². The van der Waals surface area contributed by atoms with E-state index < -0.39 is 57.9 Å². The highest BCUT2D eigenvalue weighted by Gasteiger charge is 2.64. The fraction of sp³-hybridized carbons (Fsp3) is 0.367. The predicted octanol–water partition coefficient (Wildman–Crippen LogP) is 3.13. The molecule has 4 N–H and O–H groups in total. The van der Waals surface area contributed by atoms with E-state index in [-0.39, 0.29) is 29.7 Å². The monoisotopic (exact) mass is 533 g/mol. The van der Waals surface area contributed by atoms with Crippen molar-refractivity contribution in [1.82, 2.24) is 4.90 Å². The van der Waals surface area contributed by atoms with E-state index >= 15 is 0 Å². The SMILES string of the molecule is CCOc1ccccc1-c1ccc(O)c2c1C[C@H]1C[C@H]3[C@H](N(C)C)C(=O)C(C(C)=O)=C(O)[C@@]3(O)C(=O)C1=C2O. The number of aliphatic hydroxyl groups excluding tert-OH is 2. The Morgan fingerprint density at radius 2 is 1.77 bits per heavy atom. The molecule has 0 aromatic heterocycles. The van der Waals surface area contributed by atoms with Gasteiger partial charge in [0.15, 0.2) is 17.2 Å². The Hall–Kier alpha value is -3.95. The van der Waals surface area contributed by atoms with E-state index in [0.717, 1.165) is 12.5 Å². The number of aromatic hydroxyl groups is 1. The summed E-state index contributed by atoms with van der Waals surface area (Å²) in [4.78, 5) is 41.2. The molecule has 0 heterocycles. The van der Waals surface area contributed by atoms with Gasteiger partial charge in [0.1, 0.15) is 28.6 Å². The molecule has 3 aliphatic rings. The van der Waals surface area contributed by atoms with Gasteiger partial charge >= 0.3 is 0 Å². The molecule has 39 heavy (non-hydrogen) atoms. The van der Waals surface area contributed by atoms with Crippen LogP contribution in [0.15, 0.2) is 53.3 Å². The van der Waals surface area contributed by atoms with Crippen LogP contribution in [0.3, 0.4) is 0 Å². The number of phenols is 1. The second-order valence-corrected chi connectivity index (χ2v) is 10.6. The van der Waals surface area contributed by atoms with Crippen LogP contribution < -0.4 is 4.74 Å². The molecule has 0 unspecified atom stereocenters. The average Bonchev–Trinajstić information content (AvgIpc) is 2.87. The number of hydrogen-bond donors (Lipinski definition) is 4. The lowest BCUT2D eigenvalue weighted by atomic mass is 9.57. The summed E-state index contributed by atoms with van der Waals surface area (Å²) < 4.78 is 5.81. The number of nitrogens with zero attached hydrogens (tertiary/aromatic N) is 1. The lowest BCUT2D eigenvalue weighted by Crippen LogP contribution is -2.65. The molecule has 4 atom stereocenters. The van der Waals surface area contributed by atoms with Crippen molar-refractivity contribution < 1.29 is 39.5 Å². The number of carbonyl (C=O) groups excluding carboxylic acids is 3. The molecular weight excluding hydrogens is 502 g/mol. The topological polar surface area (TPSA) is 145 Å². The number of aliphatic hydroxyl groups is 3. The summed E-state index contributed by atoms with van der Waals surface area (Å²) in [6.07, 6.45) is 0.280. The van der Waals surface area contributed by atoms with E-state index in [1.807, 2.05) is 31.2 Å². The fourth-order valence-corrected chi connectivity index (χ4v) is 6.57. The minimum absolute atomic E-state index is 0.0618. The average molecular weight is 534 g/mol. The zero-order valence-corrected chi connectivity index (χ0v) is 22.2. The maximum atomic E-state index is 14.0. The molecule has 0 saturated heterocycles. The van der Waals surface area contributed by atoms with Gasteiger partial charge in [-0.05, 0) is 70.0 Å². The van der Waals surface area contributed by atoms with Crippen LogP contribution in [0.4, 0.5) is 0 Å². The van der Waals surface area contributed by atoms with Crippen molar-refractivity contribution in [2.45, 2.75) is 38.3 Å². The Kier molecular flexibility index (Phi) is 6.39. The van der Waals surface area contributed by atoms with E-state index in [4.69, 9.17) is 4.74 Å². The second-order valence-electron chi connectivity index (χ2n) is 10.6. The number of hydrogen-bond acceptors (Lipinski definition) is 9. The summed E-state index contributed by atoms with van der Waals surface area (Å²) in [5.74, 6) is -5.23. The first-order valence-electron chi connectivity index (χ1n) is 12.9. The van der Waals surface area contributed by atoms with Crippen molar-refractivity contribution in [3.8, 4) is 22.6 Å². The first-order chi connectivity index (χ1) is 18.4. The minimum atomic E-state index is -2.59. The van der Waals surface area contributed by atoms with Gasteiger partial charge in [0, 0.05) is 17.1 Å². The molecule has 0 spiro atoms. The van der Waals surface area contributed by atoms with E-state index in [1.54, 1.807) is 20.2 Å². The van der Waals surface area contributed by atoms with Crippen molar-refractivity contribution in [3.05, 3.63) is 64.4 Å². The van der Waals surface area contributed by atoms with E-state index in [0.29, 0.717) is 23.5 Å². The summed E-state index contributed by atoms with van der Waals surface area (Å²) >= 11 is 0. The van der Waals surface area contributed by atoms with Crippen molar-refractivity contribution in [1.29, 1.82) is 0 Å². The summed E-state index contributed by atoms with van der Waals surface area (Å²) in [5, 5.41) is 45.1. The van der Waals surface area contributed by atoms with Gasteiger partial charge in [-0.2, -0.15) is 0 Å². The largest absolute Gasteiger partial charge is 0.508 e. The number of ether oxygens (including phenoxy) is 1. The number of fused-ring (bicyclic) bond motifs is 3. The highest BCUT2D eigenvalue weighted by molar-refractivity contribution is 6.25. The standard InChI is InChI=1S/C30H31NO8/c1-5-39-21-9-7-6-8-17(21)16-10-11-20(33)24-18(16)12-15-13-19-25(31(3)4)27(35)22(14(2)32)28(36)30(19,38)29(37)23(15)26(24)34/h6-11,15,19,25,33-34,36,38H,5,12-13H2,1-4H3/t15-,19-,25-,30+/m0/s1. The molecule has 1 fully saturated rings. The Balaban J connectivity index is 1.74. The molecule has 9 heteroatoms. The zero-order valence-electron chi connectivity index (χ0n) is 22.2. The fourth-order valence-electron chi connectivity index (χ4n) is 6.57. The summed E-state index contributed by atoms with van der Waals surface area (Å²) in [5.41, 5.74) is -1.24. The van der Waals surface area contributed by atoms with Gasteiger partial charge in [0.25, 0.3) is 0 Å². The van der Waals surface area contributed by atoms with Crippen LogP contribution in [0.5, 0.6) is 11.5 Å². The van der Waals surface area contributed by atoms with Crippen LogP contribution in [-0.4, -0.2) is 75.0 Å². The van der Waals surface area contributed by atoms with E-state index in [2.05, 4.69) is 0 Å². The van der Waals surface area contributed by atoms with Gasteiger partial charge in [-0.25, -0.2) is 0 Å². The molecule has 204 valence electrons. The van der Waals surface area contributed by atoms with Crippen LogP contribution >= 0.6 is 0 Å². The number of carbonyl (C=O) groups is 3. The molecule has 0 aliphatic heterocycles. The van der Waals surface area contributed by atoms with Crippen LogP contribution in [0.2, 0.25) is 0 Å². The van der Waals surface area contributed by atoms with Crippen molar-refractivity contribution in [3.63, 3.8) is 0 Å². The van der Waals surface area contributed by atoms with Crippen molar-refractivity contribution in [2.24, 2.45) is 11.8 Å². The van der Waals surface area contributed by atoms with Crippen molar-refractivity contribution in [2.75, 3.05) is 20.7 Å². The Bertz CT molecular complexity index is 1490. The van der Waals surface area contributed by atoms with Crippen LogP contribution in [0.1, 0.15) is 31.4 Å². The van der Waals surface area contributed by atoms with Gasteiger partial charge in [0.2, 0.25) is 5.78 Å². The second kappa shape index (κ2) is 9.36. The third kappa shape index (κ3) is 3.71. The Morgan fingerprint density at radius 1 is 1.08 bits per heavy atom. The van der Waals surface area contributed by atoms with Gasteiger partial charge in [-0.15, -0.1) is 0 Å². The van der Waals surface area contributed by atoms with Gasteiger partial charge in [-0.3, -0.25) is 19.3 Å². The molecule has 5 rings (SSSR count). The quantitative estimate of drug-likeness (QED) is 0.426. The molecule has 0 bridgehead atoms. The zero-order chi connectivity index (χ0) is 28.4. The highest BCUT2D eigenvalue weighted by atomic mass is 16.5. The summed E-state index contributed by atoms with van der Waals surface area (Å²) in [6, 6.07) is 9.48. The molecule has 1 saturated carbocycles. The Morgan fingerprint density at radius 3 is 2.41 bits per heavy atom. The van der Waals surface area contributed by atoms with Crippen LogP contribution in [0.25, 0.3) is 16.9 Å². The molecule has 2 aromatic rings. The van der Waals surface area contributed by atoms with Crippen molar-refractivity contribution >= 4 is 23.1 Å². The number of benzene rings is 2. The predicted molar refractivity (Wildman–Crippen MR) is 142 cm³/mol. The molecule has 3 aliphatic carbocycles. The smallest absolute Gasteiger partial charge is 0.202 e. The van der Waals surface area contributed by atoms with Crippen LogP contribution in [-0.2, 0) is 20.8 Å². The number of likely N-dealkylation sites (N-methyl/N-ethyl adjacent to an activating group) is 1. The normalized spacial score (nSPS) is 26.4. The number of phenolic OH excluding ortho intramolecular Hbond substituents is 1. The third-order valence-corrected chi connectivity index (χ3v) is 8.19. The maximum absolute atomic E-state index is 14.0. The van der Waals surface area contributed by atoms with Gasteiger partial charge < -0.3 is 25.2 Å². The van der Waals surface area contributed by atoms with E-state index in [9.17, 15) is 34.8 Å². The maximum Gasteiger partial charge on any atom is 0.202 e. The lowest BCUT2D eigenvalue weighted by molar-refractivity contribution is -0.153. The molecule has 2 aromatic carbocycles. The first kappa shape index (κ1) is 26.6. The number of Topliss-reactive ketones (excluding diaryl/α,β-unsaturated/α-hetero) is 3.